The Morgan fingerprint density at radius 3 is 2.31 bits per heavy atom. The first-order valence-corrected chi connectivity index (χ1v) is 4.81. The molecule has 1 heterocycles. The van der Waals surface area contributed by atoms with Crippen molar-refractivity contribution in [3.8, 4) is 0 Å². The fourth-order valence-corrected chi connectivity index (χ4v) is 0.996. The summed E-state index contributed by atoms with van der Waals surface area (Å²) in [7, 11) is 0. The Hall–Kier alpha value is -0.680. The Balaban J connectivity index is 0.000000267. The van der Waals surface area contributed by atoms with Crippen LogP contribution in [0.5, 0.6) is 0 Å². The third-order valence-corrected chi connectivity index (χ3v) is 1.78. The van der Waals surface area contributed by atoms with Gasteiger partial charge in [-0.3, -0.25) is 5.10 Å². The van der Waals surface area contributed by atoms with Crippen molar-refractivity contribution in [2.45, 2.75) is 13.3 Å². The quantitative estimate of drug-likeness (QED) is 0.745. The zero-order chi connectivity index (χ0) is 10.9. The van der Waals surface area contributed by atoms with Gasteiger partial charge in [0.25, 0.3) is 0 Å². The van der Waals surface area contributed by atoms with Gasteiger partial charge >= 0.3 is 29.6 Å². The number of aromatic nitrogens is 3. The number of hydrogen-bond donors (Lipinski definition) is 2. The zero-order valence-electron chi connectivity index (χ0n) is 8.72. The molecular formula is C11H16N3NaO. The topological polar surface area (TPSA) is 61.8 Å². The molecule has 0 radical (unpaired) electrons. The summed E-state index contributed by atoms with van der Waals surface area (Å²) in [5.74, 6) is 0. The maximum atomic E-state index is 8.36. The van der Waals surface area contributed by atoms with Gasteiger partial charge in [0.05, 0.1) is 5.69 Å². The average molecular weight is 229 g/mol. The van der Waals surface area contributed by atoms with Gasteiger partial charge < -0.3 is 5.11 Å². The van der Waals surface area contributed by atoms with E-state index in [0.717, 1.165) is 5.69 Å². The fourth-order valence-electron chi connectivity index (χ4n) is 0.996. The van der Waals surface area contributed by atoms with Gasteiger partial charge in [-0.15, -0.1) is 5.10 Å². The fraction of sp³-hybridized carbons (Fsp3) is 0.273. The second-order valence-corrected chi connectivity index (χ2v) is 3.09. The molecule has 0 spiro atoms. The van der Waals surface area contributed by atoms with Crippen LogP contribution in [0.4, 0.5) is 0 Å². The minimum absolute atomic E-state index is 0. The molecule has 2 aromatic rings. The number of H-pyrrole nitrogens is 1. The zero-order valence-corrected chi connectivity index (χ0v) is 8.72. The number of nitrogens with zero attached hydrogens (tertiary/aromatic N) is 2. The molecule has 4 nitrogen and oxygen atoms in total. The van der Waals surface area contributed by atoms with Gasteiger partial charge in [0.1, 0.15) is 0 Å². The van der Waals surface area contributed by atoms with Crippen LogP contribution in [-0.4, -0.2) is 56.7 Å². The molecule has 16 heavy (non-hydrogen) atoms. The van der Waals surface area contributed by atoms with Crippen molar-refractivity contribution < 1.29 is 5.11 Å². The van der Waals surface area contributed by atoms with E-state index in [2.05, 4.69) is 34.5 Å². The van der Waals surface area contributed by atoms with E-state index in [9.17, 15) is 0 Å². The van der Waals surface area contributed by atoms with Gasteiger partial charge in [-0.1, -0.05) is 41.1 Å². The third-order valence-electron chi connectivity index (χ3n) is 1.78. The van der Waals surface area contributed by atoms with Crippen LogP contribution in [0.2, 0.25) is 0 Å². The van der Waals surface area contributed by atoms with Crippen molar-refractivity contribution in [1.82, 2.24) is 15.4 Å². The maximum absolute atomic E-state index is 8.36. The minimum atomic E-state index is 0. The van der Waals surface area contributed by atoms with E-state index < -0.39 is 0 Å². The van der Waals surface area contributed by atoms with E-state index >= 15 is 0 Å². The molecular weight excluding hydrogens is 213 g/mol. The van der Waals surface area contributed by atoms with Gasteiger partial charge in [0.2, 0.25) is 0 Å². The molecule has 0 bridgehead atoms. The number of nitrogens with one attached hydrogen (secondary N) is 1. The Labute approximate surface area is 117 Å². The molecule has 82 valence electrons. The molecule has 0 atom stereocenters. The van der Waals surface area contributed by atoms with Crippen LogP contribution < -0.4 is 0 Å². The van der Waals surface area contributed by atoms with Gasteiger partial charge in [0, 0.05) is 19.2 Å². The van der Waals surface area contributed by atoms with Crippen LogP contribution in [0.3, 0.4) is 0 Å². The molecule has 0 aliphatic heterocycles. The van der Waals surface area contributed by atoms with E-state index in [4.69, 9.17) is 5.11 Å². The molecule has 0 saturated heterocycles. The van der Waals surface area contributed by atoms with Gasteiger partial charge in [-0.25, -0.2) is 0 Å². The summed E-state index contributed by atoms with van der Waals surface area (Å²) in [6.07, 6.45) is 2.24. The van der Waals surface area contributed by atoms with Crippen LogP contribution in [0.1, 0.15) is 11.3 Å². The summed E-state index contributed by atoms with van der Waals surface area (Å²) in [4.78, 5) is 0. The average Bonchev–Trinajstić information content (AvgIpc) is 2.73. The van der Waals surface area contributed by atoms with Crippen molar-refractivity contribution in [1.29, 1.82) is 0 Å². The van der Waals surface area contributed by atoms with Crippen molar-refractivity contribution in [2.24, 2.45) is 0 Å². The summed E-state index contributed by atoms with van der Waals surface area (Å²) in [6.45, 7) is 2.21. The normalized spacial score (nSPS) is 8.62. The molecule has 2 rings (SSSR count). The van der Waals surface area contributed by atoms with Crippen LogP contribution in [0.15, 0.2) is 36.5 Å². The molecule has 0 saturated carbocycles. The molecule has 0 unspecified atom stereocenters. The molecule has 0 fully saturated rings. The number of rotatable bonds is 2. The van der Waals surface area contributed by atoms with Gasteiger partial charge in [-0.05, 0) is 6.92 Å². The summed E-state index contributed by atoms with van der Waals surface area (Å²) >= 11 is 0. The Kier molecular flexibility index (Phi) is 9.13. The first kappa shape index (κ1) is 15.3. The number of aliphatic hydroxyl groups excluding tert-OH is 1. The van der Waals surface area contributed by atoms with Crippen molar-refractivity contribution in [2.75, 3.05) is 6.61 Å². The Morgan fingerprint density at radius 2 is 1.94 bits per heavy atom. The summed E-state index contributed by atoms with van der Waals surface area (Å²) in [6, 6.07) is 10.3. The van der Waals surface area contributed by atoms with E-state index in [1.165, 1.54) is 5.56 Å². The molecule has 1 aromatic carbocycles. The number of benzene rings is 1. The molecule has 0 amide bonds. The molecule has 1 aromatic heterocycles. The third kappa shape index (κ3) is 6.74. The first-order valence-electron chi connectivity index (χ1n) is 4.81. The van der Waals surface area contributed by atoms with E-state index in [-0.39, 0.29) is 36.2 Å². The SMILES string of the molecule is Cc1ccccc1.OCCc1c[nH]nn1.[NaH]. The number of aromatic amines is 1. The summed E-state index contributed by atoms with van der Waals surface area (Å²) in [5.41, 5.74) is 2.12. The number of aliphatic hydroxyl groups is 1. The predicted octanol–water partition coefficient (Wildman–Crippen LogP) is 0.686. The first-order chi connectivity index (χ1) is 7.33. The van der Waals surface area contributed by atoms with Crippen LogP contribution in [0, 0.1) is 6.92 Å². The molecule has 5 heteroatoms. The predicted molar refractivity (Wildman–Crippen MR) is 65.5 cm³/mol. The standard InChI is InChI=1S/C7H8.C4H7N3O.Na.H/c1-7-5-3-2-4-6-7;8-2-1-4-3-5-7-6-4;;/h2-6H,1H3;3,8H,1-2H2,(H,5,6,7);;. The molecule has 2 N–H and O–H groups in total. The summed E-state index contributed by atoms with van der Waals surface area (Å²) < 4.78 is 0. The van der Waals surface area contributed by atoms with Crippen molar-refractivity contribution in [3.63, 3.8) is 0 Å². The van der Waals surface area contributed by atoms with Gasteiger partial charge in [0.15, 0.2) is 0 Å². The second-order valence-electron chi connectivity index (χ2n) is 3.09. The second kappa shape index (κ2) is 9.54. The van der Waals surface area contributed by atoms with E-state index in [0.29, 0.717) is 6.42 Å². The van der Waals surface area contributed by atoms with Crippen LogP contribution >= 0.6 is 0 Å². The number of aryl methyl sites for hydroxylation is 1. The molecule has 0 aliphatic rings. The summed E-state index contributed by atoms with van der Waals surface area (Å²) in [5, 5.41) is 18.0. The van der Waals surface area contributed by atoms with E-state index in [1.54, 1.807) is 6.20 Å². The monoisotopic (exact) mass is 229 g/mol. The molecule has 0 aliphatic carbocycles. The van der Waals surface area contributed by atoms with Crippen LogP contribution in [-0.2, 0) is 6.42 Å². The van der Waals surface area contributed by atoms with Crippen molar-refractivity contribution in [3.05, 3.63) is 47.8 Å². The van der Waals surface area contributed by atoms with Crippen molar-refractivity contribution >= 4 is 29.6 Å². The van der Waals surface area contributed by atoms with Gasteiger partial charge in [-0.2, -0.15) is 0 Å². The Bertz CT molecular complexity index is 351. The van der Waals surface area contributed by atoms with E-state index in [1.807, 2.05) is 18.2 Å². The Morgan fingerprint density at radius 1 is 1.25 bits per heavy atom. The number of hydrogen-bond acceptors (Lipinski definition) is 3. The van der Waals surface area contributed by atoms with Crippen LogP contribution in [0.25, 0.3) is 0 Å².